The summed E-state index contributed by atoms with van der Waals surface area (Å²) in [6.45, 7) is 2.43. The highest BCUT2D eigenvalue weighted by molar-refractivity contribution is 7.99. The van der Waals surface area contributed by atoms with Crippen molar-refractivity contribution in [1.82, 2.24) is 9.97 Å². The van der Waals surface area contributed by atoms with Crippen molar-refractivity contribution >= 4 is 39.3 Å². The lowest BCUT2D eigenvalue weighted by Gasteiger charge is -2.02. The van der Waals surface area contributed by atoms with E-state index in [1.165, 1.54) is 17.7 Å². The van der Waals surface area contributed by atoms with Gasteiger partial charge >= 0.3 is 5.97 Å². The van der Waals surface area contributed by atoms with E-state index in [2.05, 4.69) is 9.97 Å². The average Bonchev–Trinajstić information content (AvgIpc) is 2.68. The summed E-state index contributed by atoms with van der Waals surface area (Å²) in [6, 6.07) is 0. The van der Waals surface area contributed by atoms with Crippen LogP contribution in [0.1, 0.15) is 15.2 Å². The van der Waals surface area contributed by atoms with Crippen LogP contribution in [0.2, 0.25) is 0 Å². The number of carbonyl (C=O) groups is 1. The van der Waals surface area contributed by atoms with E-state index < -0.39 is 5.97 Å². The lowest BCUT2D eigenvalue weighted by molar-refractivity contribution is 0.0701. The van der Waals surface area contributed by atoms with Gasteiger partial charge in [-0.05, 0) is 12.5 Å². The number of aromatic nitrogens is 2. The largest absolute Gasteiger partial charge is 0.477 e. The predicted octanol–water partition coefficient (Wildman–Crippen LogP) is 2.44. The topological polar surface area (TPSA) is 72.3 Å². The van der Waals surface area contributed by atoms with Crippen molar-refractivity contribution in [3.63, 3.8) is 0 Å². The van der Waals surface area contributed by atoms with Gasteiger partial charge in [-0.3, -0.25) is 0 Å². The summed E-state index contributed by atoms with van der Waals surface area (Å²) >= 11 is 2.74. The molecule has 0 spiro atoms. The normalized spacial score (nSPS) is 11.0. The van der Waals surface area contributed by atoms with E-state index in [9.17, 15) is 4.79 Å². The molecule has 0 aliphatic heterocycles. The number of thioether (sulfide) groups is 1. The Morgan fingerprint density at radius 2 is 2.33 bits per heavy atom. The van der Waals surface area contributed by atoms with Gasteiger partial charge in [-0.25, -0.2) is 14.8 Å². The van der Waals surface area contributed by atoms with Crippen LogP contribution in [0.5, 0.6) is 0 Å². The molecular weight excluding hydrogens is 272 g/mol. The van der Waals surface area contributed by atoms with E-state index in [1.54, 1.807) is 25.8 Å². The van der Waals surface area contributed by atoms with Crippen molar-refractivity contribution in [3.8, 4) is 0 Å². The summed E-state index contributed by atoms with van der Waals surface area (Å²) in [5.74, 6) is -0.135. The number of rotatable bonds is 5. The standard InChI is InChI=1S/C11H12N2O3S2/c1-6-7-9(17-4-3-16-2)12-5-13-10(7)18-8(6)11(14)15/h5H,3-4H2,1-2H3,(H,14,15). The zero-order valence-electron chi connectivity index (χ0n) is 9.97. The maximum atomic E-state index is 11.1. The second-order valence-corrected chi connectivity index (χ2v) is 5.64. The highest BCUT2D eigenvalue weighted by atomic mass is 32.2. The van der Waals surface area contributed by atoms with Gasteiger partial charge < -0.3 is 9.84 Å². The van der Waals surface area contributed by atoms with Crippen molar-refractivity contribution in [1.29, 1.82) is 0 Å². The number of ether oxygens (including phenoxy) is 1. The third-order valence-corrected chi connectivity index (χ3v) is 4.55. The maximum absolute atomic E-state index is 11.1. The summed E-state index contributed by atoms with van der Waals surface area (Å²) in [5.41, 5.74) is 0.739. The number of hydrogen-bond donors (Lipinski definition) is 1. The fraction of sp³-hybridized carbons (Fsp3) is 0.364. The SMILES string of the molecule is COCCSc1ncnc2sc(C(=O)O)c(C)c12. The summed E-state index contributed by atoms with van der Waals surface area (Å²) < 4.78 is 4.99. The molecule has 5 nitrogen and oxygen atoms in total. The first-order valence-corrected chi connectivity index (χ1v) is 7.04. The summed E-state index contributed by atoms with van der Waals surface area (Å²) in [4.78, 5) is 20.5. The Bertz CT molecular complexity index is 583. The van der Waals surface area contributed by atoms with Crippen LogP contribution in [0, 0.1) is 6.92 Å². The van der Waals surface area contributed by atoms with Crippen molar-refractivity contribution in [2.24, 2.45) is 0 Å². The molecule has 0 aliphatic rings. The molecule has 2 rings (SSSR count). The first kappa shape index (κ1) is 13.3. The van der Waals surface area contributed by atoms with Gasteiger partial charge in [-0.15, -0.1) is 23.1 Å². The van der Waals surface area contributed by atoms with E-state index in [0.29, 0.717) is 11.5 Å². The maximum Gasteiger partial charge on any atom is 0.346 e. The van der Waals surface area contributed by atoms with Crippen LogP contribution < -0.4 is 0 Å². The lowest BCUT2D eigenvalue weighted by atomic mass is 10.2. The van der Waals surface area contributed by atoms with Gasteiger partial charge in [0.1, 0.15) is 21.1 Å². The Labute approximate surface area is 112 Å². The molecule has 2 aromatic rings. The molecule has 0 saturated carbocycles. The van der Waals surface area contributed by atoms with Crippen molar-refractivity contribution < 1.29 is 14.6 Å². The van der Waals surface area contributed by atoms with Crippen molar-refractivity contribution in [3.05, 3.63) is 16.8 Å². The zero-order chi connectivity index (χ0) is 13.1. The molecule has 0 radical (unpaired) electrons. The molecule has 0 saturated heterocycles. The Balaban J connectivity index is 2.44. The van der Waals surface area contributed by atoms with Crippen LogP contribution in [0.4, 0.5) is 0 Å². The molecule has 0 unspecified atom stereocenters. The van der Waals surface area contributed by atoms with Crippen LogP contribution in [0.15, 0.2) is 11.4 Å². The van der Waals surface area contributed by atoms with Gasteiger partial charge in [0, 0.05) is 18.2 Å². The van der Waals surface area contributed by atoms with Crippen molar-refractivity contribution in [2.45, 2.75) is 11.9 Å². The van der Waals surface area contributed by atoms with Gasteiger partial charge in [0.2, 0.25) is 0 Å². The Morgan fingerprint density at radius 3 is 3.00 bits per heavy atom. The molecule has 0 atom stereocenters. The average molecular weight is 284 g/mol. The minimum Gasteiger partial charge on any atom is -0.477 e. The van der Waals surface area contributed by atoms with Crippen LogP contribution in [0.25, 0.3) is 10.2 Å². The molecule has 0 aliphatic carbocycles. The predicted molar refractivity (Wildman–Crippen MR) is 71.7 cm³/mol. The van der Waals surface area contributed by atoms with Crippen LogP contribution >= 0.6 is 23.1 Å². The molecule has 0 aromatic carbocycles. The van der Waals surface area contributed by atoms with Crippen LogP contribution in [-0.2, 0) is 4.74 Å². The number of fused-ring (bicyclic) bond motifs is 1. The van der Waals surface area contributed by atoms with E-state index in [-0.39, 0.29) is 0 Å². The number of aromatic carboxylic acids is 1. The van der Waals surface area contributed by atoms with Crippen LogP contribution in [0.3, 0.4) is 0 Å². The van der Waals surface area contributed by atoms with Gasteiger partial charge in [0.25, 0.3) is 0 Å². The number of aryl methyl sites for hydroxylation is 1. The molecule has 1 N–H and O–H groups in total. The first-order chi connectivity index (χ1) is 8.65. The molecule has 0 amide bonds. The number of thiophene rings is 1. The van der Waals surface area contributed by atoms with Gasteiger partial charge in [-0.1, -0.05) is 0 Å². The minimum absolute atomic E-state index is 0.332. The highest BCUT2D eigenvalue weighted by Gasteiger charge is 2.18. The molecule has 0 fully saturated rings. The van der Waals surface area contributed by atoms with Gasteiger partial charge in [-0.2, -0.15) is 0 Å². The minimum atomic E-state index is -0.914. The highest BCUT2D eigenvalue weighted by Crippen LogP contribution is 2.34. The fourth-order valence-electron chi connectivity index (χ4n) is 1.57. The molecule has 96 valence electrons. The monoisotopic (exact) mass is 284 g/mol. The van der Waals surface area contributed by atoms with Gasteiger partial charge in [0.05, 0.1) is 6.61 Å². The molecule has 0 bridgehead atoms. The third kappa shape index (κ3) is 2.47. The number of nitrogens with zero attached hydrogens (tertiary/aromatic N) is 2. The number of hydrogen-bond acceptors (Lipinski definition) is 6. The summed E-state index contributed by atoms with van der Waals surface area (Å²) in [5, 5.41) is 10.8. The molecular formula is C11H12N2O3S2. The zero-order valence-corrected chi connectivity index (χ0v) is 11.6. The number of carboxylic acid groups (broad SMARTS) is 1. The summed E-state index contributed by atoms with van der Waals surface area (Å²) in [7, 11) is 1.65. The Hall–Kier alpha value is -1.18. The quantitative estimate of drug-likeness (QED) is 0.516. The van der Waals surface area contributed by atoms with E-state index in [1.807, 2.05) is 0 Å². The smallest absolute Gasteiger partial charge is 0.346 e. The Morgan fingerprint density at radius 1 is 1.56 bits per heavy atom. The molecule has 7 heteroatoms. The third-order valence-electron chi connectivity index (χ3n) is 2.41. The Kier molecular flexibility index (Phi) is 4.15. The van der Waals surface area contributed by atoms with E-state index >= 15 is 0 Å². The van der Waals surface area contributed by atoms with Crippen LogP contribution in [-0.4, -0.2) is 40.5 Å². The fourth-order valence-corrected chi connectivity index (χ4v) is 3.59. The van der Waals surface area contributed by atoms with E-state index in [4.69, 9.17) is 9.84 Å². The second-order valence-electron chi connectivity index (χ2n) is 3.56. The van der Waals surface area contributed by atoms with E-state index in [0.717, 1.165) is 26.6 Å². The molecule has 18 heavy (non-hydrogen) atoms. The van der Waals surface area contributed by atoms with Gasteiger partial charge in [0.15, 0.2) is 0 Å². The summed E-state index contributed by atoms with van der Waals surface area (Å²) in [6.07, 6.45) is 1.47. The second kappa shape index (κ2) is 5.64. The van der Waals surface area contributed by atoms with Crippen molar-refractivity contribution in [2.75, 3.05) is 19.5 Å². The number of methoxy groups -OCH3 is 1. The molecule has 2 heterocycles. The number of carboxylic acids is 1. The lowest BCUT2D eigenvalue weighted by Crippen LogP contribution is -1.95. The first-order valence-electron chi connectivity index (χ1n) is 5.24. The molecule has 2 aromatic heterocycles.